The zero-order valence-corrected chi connectivity index (χ0v) is 29.9. The third-order valence-electron chi connectivity index (χ3n) is 11.0. The van der Waals surface area contributed by atoms with E-state index in [1.54, 1.807) is 0 Å². The van der Waals surface area contributed by atoms with Crippen LogP contribution < -0.4 is 0 Å². The fraction of sp³-hybridized carbons (Fsp3) is 0. The number of hydrogen-bond acceptors (Lipinski definition) is 2. The monoisotopic (exact) mass is 699 g/mol. The number of nitrogens with zero attached hydrogens (tertiary/aromatic N) is 3. The van der Waals surface area contributed by atoms with Crippen molar-refractivity contribution in [1.82, 2.24) is 14.5 Å². The summed E-state index contributed by atoms with van der Waals surface area (Å²) >= 11 is 0. The van der Waals surface area contributed by atoms with Gasteiger partial charge in [0.1, 0.15) is 0 Å². The first kappa shape index (κ1) is 31.2. The molecule has 3 nitrogen and oxygen atoms in total. The van der Waals surface area contributed by atoms with Gasteiger partial charge < -0.3 is 0 Å². The average molecular weight is 700 g/mol. The van der Waals surface area contributed by atoms with Gasteiger partial charge in [0.2, 0.25) is 5.95 Å². The Labute approximate surface area is 318 Å². The Bertz CT molecular complexity index is 3230. The molecule has 0 unspecified atom stereocenters. The Kier molecular flexibility index (Phi) is 7.17. The number of benzene rings is 9. The highest BCUT2D eigenvalue weighted by Crippen LogP contribution is 2.39. The summed E-state index contributed by atoms with van der Waals surface area (Å²) < 4.78 is 2.26. The van der Waals surface area contributed by atoms with E-state index < -0.39 is 0 Å². The first-order valence-electron chi connectivity index (χ1n) is 18.7. The van der Waals surface area contributed by atoms with Crippen LogP contribution in [-0.2, 0) is 0 Å². The second kappa shape index (κ2) is 12.6. The van der Waals surface area contributed by atoms with Crippen molar-refractivity contribution < 1.29 is 0 Å². The molecule has 0 saturated heterocycles. The van der Waals surface area contributed by atoms with Crippen LogP contribution in [0.2, 0.25) is 0 Å². The van der Waals surface area contributed by atoms with Crippen LogP contribution in [0.1, 0.15) is 0 Å². The number of hydrogen-bond donors (Lipinski definition) is 0. The van der Waals surface area contributed by atoms with Crippen LogP contribution in [0.3, 0.4) is 0 Å². The molecule has 0 spiro atoms. The molecule has 0 amide bonds. The van der Waals surface area contributed by atoms with Gasteiger partial charge in [-0.25, -0.2) is 9.97 Å². The van der Waals surface area contributed by atoms with Crippen molar-refractivity contribution in [1.29, 1.82) is 0 Å². The topological polar surface area (TPSA) is 30.7 Å². The summed E-state index contributed by atoms with van der Waals surface area (Å²) in [5, 5.41) is 8.22. The molecule has 0 aliphatic carbocycles. The van der Waals surface area contributed by atoms with Crippen molar-refractivity contribution in [2.75, 3.05) is 0 Å². The van der Waals surface area contributed by atoms with Gasteiger partial charge in [0.15, 0.2) is 0 Å². The lowest BCUT2D eigenvalue weighted by atomic mass is 9.98. The number of rotatable bonds is 5. The van der Waals surface area contributed by atoms with E-state index in [2.05, 4.69) is 205 Å². The molecule has 2 heterocycles. The summed E-state index contributed by atoms with van der Waals surface area (Å²) in [5.74, 6) is 0.650. The molecule has 0 radical (unpaired) electrons. The zero-order chi connectivity index (χ0) is 36.3. The summed E-state index contributed by atoms with van der Waals surface area (Å²) in [5.41, 5.74) is 12.1. The van der Waals surface area contributed by atoms with Gasteiger partial charge in [-0.05, 0) is 97.4 Å². The Balaban J connectivity index is 1.14. The molecule has 2 aromatic heterocycles. The van der Waals surface area contributed by atoms with Crippen LogP contribution >= 0.6 is 0 Å². The molecular formula is C52H33N3. The Hall–Kier alpha value is -7.36. The molecule has 0 aliphatic heterocycles. The smallest absolute Gasteiger partial charge is 0.235 e. The van der Waals surface area contributed by atoms with E-state index in [4.69, 9.17) is 9.97 Å². The zero-order valence-electron chi connectivity index (χ0n) is 29.9. The van der Waals surface area contributed by atoms with Gasteiger partial charge >= 0.3 is 0 Å². The van der Waals surface area contributed by atoms with E-state index >= 15 is 0 Å². The van der Waals surface area contributed by atoms with Gasteiger partial charge in [-0.3, -0.25) is 4.57 Å². The molecule has 0 N–H and O–H groups in total. The lowest BCUT2D eigenvalue weighted by Gasteiger charge is -2.13. The fourth-order valence-electron chi connectivity index (χ4n) is 8.17. The minimum Gasteiger partial charge on any atom is -0.278 e. The first-order valence-corrected chi connectivity index (χ1v) is 18.7. The predicted molar refractivity (Wildman–Crippen MR) is 231 cm³/mol. The number of aromatic nitrogens is 3. The molecule has 0 bridgehead atoms. The molecule has 0 saturated carbocycles. The van der Waals surface area contributed by atoms with Crippen LogP contribution in [0.4, 0.5) is 0 Å². The van der Waals surface area contributed by atoms with Crippen molar-refractivity contribution in [2.45, 2.75) is 0 Å². The van der Waals surface area contributed by atoms with Crippen LogP contribution in [0, 0.1) is 0 Å². The molecule has 0 fully saturated rings. The van der Waals surface area contributed by atoms with Crippen molar-refractivity contribution in [3.8, 4) is 50.6 Å². The predicted octanol–water partition coefficient (Wildman–Crippen LogP) is 13.7. The Morgan fingerprint density at radius 2 is 0.800 bits per heavy atom. The lowest BCUT2D eigenvalue weighted by Crippen LogP contribution is -2.03. The summed E-state index contributed by atoms with van der Waals surface area (Å²) in [6.07, 6.45) is 0. The summed E-state index contributed by atoms with van der Waals surface area (Å²) in [6.45, 7) is 0. The molecule has 11 aromatic rings. The second-order valence-electron chi connectivity index (χ2n) is 14.3. The van der Waals surface area contributed by atoms with Crippen LogP contribution in [0.25, 0.3) is 105 Å². The Morgan fingerprint density at radius 3 is 1.55 bits per heavy atom. The molecule has 3 heteroatoms. The average Bonchev–Trinajstić information content (AvgIpc) is 3.57. The maximum atomic E-state index is 5.41. The van der Waals surface area contributed by atoms with Crippen molar-refractivity contribution in [2.24, 2.45) is 0 Å². The summed E-state index contributed by atoms with van der Waals surface area (Å²) in [6, 6.07) is 71.7. The minimum absolute atomic E-state index is 0.650. The number of fused-ring (bicyclic) bond motifs is 6. The van der Waals surface area contributed by atoms with Gasteiger partial charge in [-0.1, -0.05) is 158 Å². The quantitative estimate of drug-likeness (QED) is 0.179. The molecular weight excluding hydrogens is 667 g/mol. The highest BCUT2D eigenvalue weighted by Gasteiger charge is 2.19. The third-order valence-corrected chi connectivity index (χ3v) is 11.0. The van der Waals surface area contributed by atoms with Gasteiger partial charge in [-0.15, -0.1) is 0 Å². The van der Waals surface area contributed by atoms with E-state index in [1.807, 2.05) is 0 Å². The van der Waals surface area contributed by atoms with Gasteiger partial charge in [-0.2, -0.15) is 0 Å². The molecule has 256 valence electrons. The second-order valence-corrected chi connectivity index (χ2v) is 14.3. The van der Waals surface area contributed by atoms with E-state index in [9.17, 15) is 0 Å². The van der Waals surface area contributed by atoms with E-state index in [0.717, 1.165) is 44.3 Å². The van der Waals surface area contributed by atoms with Gasteiger partial charge in [0, 0.05) is 21.7 Å². The SMILES string of the molecule is c1ccc(-c2ccc(-c3ccc4c(-c5ccccc5)nc(-n5c6ccc(-c7ccc8ccccc8c7)cc6c6cc7ccccc7cc65)nc4c3)cc2)cc1. The van der Waals surface area contributed by atoms with Crippen molar-refractivity contribution in [3.63, 3.8) is 0 Å². The van der Waals surface area contributed by atoms with Gasteiger partial charge in [0.05, 0.1) is 22.2 Å². The lowest BCUT2D eigenvalue weighted by molar-refractivity contribution is 1.01. The van der Waals surface area contributed by atoms with E-state index in [1.165, 1.54) is 54.6 Å². The third kappa shape index (κ3) is 5.36. The fourth-order valence-corrected chi connectivity index (χ4v) is 8.17. The molecule has 9 aromatic carbocycles. The highest BCUT2D eigenvalue weighted by molar-refractivity contribution is 6.14. The van der Waals surface area contributed by atoms with Gasteiger partial charge in [0.25, 0.3) is 0 Å². The maximum absolute atomic E-state index is 5.41. The van der Waals surface area contributed by atoms with Crippen molar-refractivity contribution >= 4 is 54.3 Å². The van der Waals surface area contributed by atoms with Crippen molar-refractivity contribution in [3.05, 3.63) is 200 Å². The first-order chi connectivity index (χ1) is 27.2. The molecule has 0 aliphatic rings. The normalized spacial score (nSPS) is 11.6. The molecule has 0 atom stereocenters. The van der Waals surface area contributed by atoms with Crippen LogP contribution in [0.5, 0.6) is 0 Å². The highest BCUT2D eigenvalue weighted by atomic mass is 15.2. The van der Waals surface area contributed by atoms with E-state index in [0.29, 0.717) is 5.95 Å². The standard InChI is InChI=1S/C52H33N3/c1-3-11-34(12-4-1)36-19-21-37(22-20-36)44-25-27-45-48(32-44)53-52(54-51(45)38-14-5-2-6-15-38)55-49-28-26-43(42-24-23-35-13-7-8-16-39(35)29-42)31-46(49)47-30-40-17-9-10-18-41(40)33-50(47)55/h1-33H. The van der Waals surface area contributed by atoms with Crippen LogP contribution in [0.15, 0.2) is 200 Å². The Morgan fingerprint density at radius 1 is 0.291 bits per heavy atom. The van der Waals surface area contributed by atoms with Crippen LogP contribution in [-0.4, -0.2) is 14.5 Å². The maximum Gasteiger partial charge on any atom is 0.235 e. The minimum atomic E-state index is 0.650. The summed E-state index contributed by atoms with van der Waals surface area (Å²) in [4.78, 5) is 10.8. The van der Waals surface area contributed by atoms with E-state index in [-0.39, 0.29) is 0 Å². The largest absolute Gasteiger partial charge is 0.278 e. The summed E-state index contributed by atoms with van der Waals surface area (Å²) in [7, 11) is 0. The molecule has 11 rings (SSSR count). The molecule has 55 heavy (non-hydrogen) atoms.